The van der Waals surface area contributed by atoms with Gasteiger partial charge in [-0.2, -0.15) is 0 Å². The van der Waals surface area contributed by atoms with Gasteiger partial charge in [0.05, 0.1) is 16.8 Å². The summed E-state index contributed by atoms with van der Waals surface area (Å²) in [6.07, 6.45) is 3.74. The minimum absolute atomic E-state index is 0.0416. The molecular formula is C16H17N3O2. The normalized spacial score (nSPS) is 14.4. The third-order valence-electron chi connectivity index (χ3n) is 3.71. The Morgan fingerprint density at radius 1 is 1.19 bits per heavy atom. The van der Waals surface area contributed by atoms with E-state index in [1.54, 1.807) is 18.3 Å². The van der Waals surface area contributed by atoms with Gasteiger partial charge in [0.1, 0.15) is 0 Å². The minimum Gasteiger partial charge on any atom is -0.339 e. The maximum atomic E-state index is 12.6. The summed E-state index contributed by atoms with van der Waals surface area (Å²) in [5.74, 6) is -0.111. The van der Waals surface area contributed by atoms with Crippen LogP contribution in [-0.2, 0) is 4.79 Å². The van der Waals surface area contributed by atoms with Gasteiger partial charge in [-0.05, 0) is 25.0 Å². The number of anilines is 1. The van der Waals surface area contributed by atoms with Crippen LogP contribution in [0.3, 0.4) is 0 Å². The van der Waals surface area contributed by atoms with E-state index in [1.165, 1.54) is 6.92 Å². The van der Waals surface area contributed by atoms with Crippen LogP contribution in [0.1, 0.15) is 30.1 Å². The summed E-state index contributed by atoms with van der Waals surface area (Å²) in [4.78, 5) is 30.1. The van der Waals surface area contributed by atoms with Gasteiger partial charge < -0.3 is 10.2 Å². The maximum absolute atomic E-state index is 12.6. The zero-order valence-corrected chi connectivity index (χ0v) is 11.9. The van der Waals surface area contributed by atoms with Crippen LogP contribution in [0.2, 0.25) is 0 Å². The first-order chi connectivity index (χ1) is 10.2. The average molecular weight is 283 g/mol. The van der Waals surface area contributed by atoms with E-state index in [-0.39, 0.29) is 11.8 Å². The van der Waals surface area contributed by atoms with Gasteiger partial charge in [-0.1, -0.05) is 12.1 Å². The second-order valence-corrected chi connectivity index (χ2v) is 5.24. The molecule has 0 radical (unpaired) electrons. The molecular weight excluding hydrogens is 266 g/mol. The van der Waals surface area contributed by atoms with E-state index in [0.717, 1.165) is 31.3 Å². The predicted molar refractivity (Wildman–Crippen MR) is 81.2 cm³/mol. The van der Waals surface area contributed by atoms with Gasteiger partial charge in [-0.3, -0.25) is 14.6 Å². The summed E-state index contributed by atoms with van der Waals surface area (Å²) >= 11 is 0. The average Bonchev–Trinajstić information content (AvgIpc) is 3.00. The summed E-state index contributed by atoms with van der Waals surface area (Å²) in [6, 6.07) is 7.24. The number of hydrogen-bond donors (Lipinski definition) is 1. The topological polar surface area (TPSA) is 62.3 Å². The number of nitrogens with one attached hydrogen (secondary N) is 1. The van der Waals surface area contributed by atoms with Crippen LogP contribution >= 0.6 is 0 Å². The molecule has 5 nitrogen and oxygen atoms in total. The fourth-order valence-electron chi connectivity index (χ4n) is 2.74. The number of rotatable bonds is 2. The molecule has 0 atom stereocenters. The molecule has 0 bridgehead atoms. The Morgan fingerprint density at radius 3 is 2.67 bits per heavy atom. The van der Waals surface area contributed by atoms with Gasteiger partial charge in [0.15, 0.2) is 0 Å². The van der Waals surface area contributed by atoms with Gasteiger partial charge >= 0.3 is 0 Å². The van der Waals surface area contributed by atoms with Crippen molar-refractivity contribution in [3.05, 3.63) is 36.0 Å². The molecule has 5 heteroatoms. The monoisotopic (exact) mass is 283 g/mol. The second kappa shape index (κ2) is 5.52. The van der Waals surface area contributed by atoms with Gasteiger partial charge in [-0.25, -0.2) is 0 Å². The van der Waals surface area contributed by atoms with Crippen LogP contribution in [-0.4, -0.2) is 34.8 Å². The fourth-order valence-corrected chi connectivity index (χ4v) is 2.74. The highest BCUT2D eigenvalue weighted by Gasteiger charge is 2.21. The number of para-hydroxylation sites is 1. The van der Waals surface area contributed by atoms with Gasteiger partial charge in [0.2, 0.25) is 5.91 Å². The van der Waals surface area contributed by atoms with Crippen LogP contribution in [0.4, 0.5) is 5.69 Å². The van der Waals surface area contributed by atoms with Gasteiger partial charge in [0.25, 0.3) is 5.91 Å². The lowest BCUT2D eigenvalue weighted by Crippen LogP contribution is -2.27. The molecule has 2 heterocycles. The highest BCUT2D eigenvalue weighted by molar-refractivity contribution is 6.10. The third kappa shape index (κ3) is 2.59. The number of carbonyl (C=O) groups is 2. The van der Waals surface area contributed by atoms with Crippen LogP contribution < -0.4 is 5.32 Å². The molecule has 1 N–H and O–H groups in total. The standard InChI is InChI=1S/C16H17N3O2/c1-11(20)18-14-6-4-5-12-13(7-8-17-15(12)14)16(21)19-9-2-3-10-19/h4-8H,2-3,9-10H2,1H3,(H,18,20). The SMILES string of the molecule is CC(=O)Nc1cccc2c(C(=O)N3CCCC3)ccnc12. The number of carbonyl (C=O) groups excluding carboxylic acids is 2. The predicted octanol–water partition coefficient (Wildman–Crippen LogP) is 2.43. The highest BCUT2D eigenvalue weighted by atomic mass is 16.2. The maximum Gasteiger partial charge on any atom is 0.254 e. The van der Waals surface area contributed by atoms with E-state index in [4.69, 9.17) is 0 Å². The van der Waals surface area contributed by atoms with Crippen molar-refractivity contribution in [2.75, 3.05) is 18.4 Å². The molecule has 1 fully saturated rings. The molecule has 1 aromatic heterocycles. The molecule has 0 spiro atoms. The van der Waals surface area contributed by atoms with Crippen molar-refractivity contribution in [3.63, 3.8) is 0 Å². The number of amides is 2. The van der Waals surface area contributed by atoms with Crippen LogP contribution in [0.15, 0.2) is 30.5 Å². The van der Waals surface area contributed by atoms with Crippen LogP contribution in [0.25, 0.3) is 10.9 Å². The Morgan fingerprint density at radius 2 is 1.95 bits per heavy atom. The number of aromatic nitrogens is 1. The van der Waals surface area contributed by atoms with Crippen LogP contribution in [0, 0.1) is 0 Å². The van der Waals surface area contributed by atoms with E-state index < -0.39 is 0 Å². The first-order valence-corrected chi connectivity index (χ1v) is 7.11. The number of nitrogens with zero attached hydrogens (tertiary/aromatic N) is 2. The van der Waals surface area contributed by atoms with E-state index >= 15 is 0 Å². The third-order valence-corrected chi connectivity index (χ3v) is 3.71. The summed E-state index contributed by atoms with van der Waals surface area (Å²) in [5.41, 5.74) is 1.93. The van der Waals surface area contributed by atoms with Gasteiger partial charge in [-0.15, -0.1) is 0 Å². The molecule has 1 aromatic carbocycles. The zero-order valence-electron chi connectivity index (χ0n) is 11.9. The molecule has 108 valence electrons. The van der Waals surface area contributed by atoms with E-state index in [2.05, 4.69) is 10.3 Å². The molecule has 1 aliphatic heterocycles. The number of benzene rings is 1. The van der Waals surface area contributed by atoms with Crippen molar-refractivity contribution in [2.24, 2.45) is 0 Å². The number of fused-ring (bicyclic) bond motifs is 1. The Labute approximate surface area is 123 Å². The molecule has 0 saturated carbocycles. The Balaban J connectivity index is 2.07. The summed E-state index contributed by atoms with van der Waals surface area (Å²) < 4.78 is 0. The minimum atomic E-state index is -0.152. The van der Waals surface area contributed by atoms with Crippen molar-refractivity contribution < 1.29 is 9.59 Å². The molecule has 1 aliphatic rings. The summed E-state index contributed by atoms with van der Waals surface area (Å²) in [5, 5.41) is 3.54. The molecule has 1 saturated heterocycles. The van der Waals surface area contributed by atoms with Gasteiger partial charge in [0, 0.05) is 31.6 Å². The first kappa shape index (κ1) is 13.5. The fraction of sp³-hybridized carbons (Fsp3) is 0.312. The van der Waals surface area contributed by atoms with Crippen LogP contribution in [0.5, 0.6) is 0 Å². The summed E-state index contributed by atoms with van der Waals surface area (Å²) in [6.45, 7) is 3.08. The molecule has 0 unspecified atom stereocenters. The number of likely N-dealkylation sites (tertiary alicyclic amines) is 1. The van der Waals surface area contributed by atoms with Crippen molar-refractivity contribution in [3.8, 4) is 0 Å². The Kier molecular flexibility index (Phi) is 3.56. The molecule has 21 heavy (non-hydrogen) atoms. The van der Waals surface area contributed by atoms with Crippen molar-refractivity contribution in [1.29, 1.82) is 0 Å². The quantitative estimate of drug-likeness (QED) is 0.920. The Hall–Kier alpha value is -2.43. The molecule has 3 rings (SSSR count). The van der Waals surface area contributed by atoms with Crippen molar-refractivity contribution in [1.82, 2.24) is 9.88 Å². The van der Waals surface area contributed by atoms with E-state index in [1.807, 2.05) is 17.0 Å². The second-order valence-electron chi connectivity index (χ2n) is 5.24. The lowest BCUT2D eigenvalue weighted by molar-refractivity contribution is -0.114. The lowest BCUT2D eigenvalue weighted by atomic mass is 10.1. The highest BCUT2D eigenvalue weighted by Crippen LogP contribution is 2.25. The lowest BCUT2D eigenvalue weighted by Gasteiger charge is -2.17. The van der Waals surface area contributed by atoms with E-state index in [0.29, 0.717) is 16.8 Å². The summed E-state index contributed by atoms with van der Waals surface area (Å²) in [7, 11) is 0. The van der Waals surface area contributed by atoms with E-state index in [9.17, 15) is 9.59 Å². The number of pyridine rings is 1. The smallest absolute Gasteiger partial charge is 0.254 e. The largest absolute Gasteiger partial charge is 0.339 e. The Bertz CT molecular complexity index is 706. The van der Waals surface area contributed by atoms with Crippen molar-refractivity contribution in [2.45, 2.75) is 19.8 Å². The first-order valence-electron chi connectivity index (χ1n) is 7.11. The number of hydrogen-bond acceptors (Lipinski definition) is 3. The molecule has 0 aliphatic carbocycles. The van der Waals surface area contributed by atoms with Crippen molar-refractivity contribution >= 4 is 28.4 Å². The molecule has 2 aromatic rings. The zero-order chi connectivity index (χ0) is 14.8. The molecule has 2 amide bonds.